The van der Waals surface area contributed by atoms with E-state index in [1.54, 1.807) is 0 Å². The smallest absolute Gasteiger partial charge is 0.0968 e. The zero-order valence-electron chi connectivity index (χ0n) is 11.6. The van der Waals surface area contributed by atoms with Crippen LogP contribution < -0.4 is 0 Å². The van der Waals surface area contributed by atoms with E-state index < -0.39 is 6.10 Å². The van der Waals surface area contributed by atoms with Gasteiger partial charge in [0.15, 0.2) is 0 Å². The molecule has 1 heterocycles. The number of benzene rings is 2. The van der Waals surface area contributed by atoms with Crippen molar-refractivity contribution in [3.05, 3.63) is 71.9 Å². The minimum absolute atomic E-state index is 0.384. The Hall–Kier alpha value is -2.57. The van der Waals surface area contributed by atoms with Gasteiger partial charge in [0.25, 0.3) is 0 Å². The maximum atomic E-state index is 10.4. The van der Waals surface area contributed by atoms with E-state index in [4.69, 9.17) is 5.26 Å². The predicted molar refractivity (Wildman–Crippen MR) is 82.7 cm³/mol. The van der Waals surface area contributed by atoms with Gasteiger partial charge in [0.05, 0.1) is 25.1 Å². The molecule has 0 radical (unpaired) electrons. The third kappa shape index (κ3) is 2.67. The van der Waals surface area contributed by atoms with Crippen LogP contribution in [0.4, 0.5) is 0 Å². The lowest BCUT2D eigenvalue weighted by atomic mass is 10.1. The first-order valence-corrected chi connectivity index (χ1v) is 6.96. The van der Waals surface area contributed by atoms with E-state index in [0.29, 0.717) is 13.0 Å². The summed E-state index contributed by atoms with van der Waals surface area (Å²) >= 11 is 0. The van der Waals surface area contributed by atoms with E-state index in [9.17, 15) is 5.11 Å². The molecule has 3 nitrogen and oxygen atoms in total. The van der Waals surface area contributed by atoms with Gasteiger partial charge in [-0.3, -0.25) is 0 Å². The predicted octanol–water partition coefficient (Wildman–Crippen LogP) is 3.44. The van der Waals surface area contributed by atoms with Gasteiger partial charge in [-0.2, -0.15) is 5.26 Å². The van der Waals surface area contributed by atoms with Crippen LogP contribution in [-0.4, -0.2) is 9.67 Å². The summed E-state index contributed by atoms with van der Waals surface area (Å²) in [6, 6.07) is 19.8. The van der Waals surface area contributed by atoms with Gasteiger partial charge in [-0.05, 0) is 17.2 Å². The minimum Gasteiger partial charge on any atom is -0.387 e. The van der Waals surface area contributed by atoms with Crippen molar-refractivity contribution in [2.75, 3.05) is 0 Å². The van der Waals surface area contributed by atoms with Gasteiger partial charge in [-0.1, -0.05) is 48.5 Å². The summed E-state index contributed by atoms with van der Waals surface area (Å²) in [7, 11) is 0. The third-order valence-electron chi connectivity index (χ3n) is 3.69. The molecule has 0 aliphatic rings. The number of rotatable bonds is 4. The fourth-order valence-electron chi connectivity index (χ4n) is 2.67. The van der Waals surface area contributed by atoms with Crippen molar-refractivity contribution in [1.82, 2.24) is 4.57 Å². The Morgan fingerprint density at radius 2 is 1.76 bits per heavy atom. The second kappa shape index (κ2) is 5.82. The molecule has 0 spiro atoms. The molecule has 3 rings (SSSR count). The molecular weight excluding hydrogens is 260 g/mol. The first-order valence-electron chi connectivity index (χ1n) is 6.96. The number of aromatic nitrogens is 1. The minimum atomic E-state index is -0.558. The molecule has 0 amide bonds. The Labute approximate surface area is 123 Å². The van der Waals surface area contributed by atoms with E-state index >= 15 is 0 Å². The number of nitriles is 1. The molecular formula is C18H16N2O. The number of hydrogen-bond donors (Lipinski definition) is 1. The number of aliphatic hydroxyl groups is 1. The average molecular weight is 276 g/mol. The number of aliphatic hydroxyl groups excluding tert-OH is 1. The molecule has 104 valence electrons. The van der Waals surface area contributed by atoms with Gasteiger partial charge in [-0.25, -0.2) is 0 Å². The normalized spacial score (nSPS) is 12.2. The molecule has 3 heteroatoms. The molecule has 21 heavy (non-hydrogen) atoms. The quantitative estimate of drug-likeness (QED) is 0.793. The highest BCUT2D eigenvalue weighted by molar-refractivity contribution is 5.84. The highest BCUT2D eigenvalue weighted by atomic mass is 16.3. The molecule has 0 aliphatic heterocycles. The van der Waals surface area contributed by atoms with Crippen molar-refractivity contribution >= 4 is 10.9 Å². The second-order valence-corrected chi connectivity index (χ2v) is 5.09. The van der Waals surface area contributed by atoms with Crippen molar-refractivity contribution in [3.63, 3.8) is 0 Å². The van der Waals surface area contributed by atoms with Gasteiger partial charge in [-0.15, -0.1) is 0 Å². The molecule has 2 aromatic carbocycles. The van der Waals surface area contributed by atoms with Crippen molar-refractivity contribution in [2.45, 2.75) is 19.1 Å². The lowest BCUT2D eigenvalue weighted by Gasteiger charge is -2.13. The first-order chi connectivity index (χ1) is 10.3. The van der Waals surface area contributed by atoms with Crippen LogP contribution in [0.1, 0.15) is 17.2 Å². The Balaban J connectivity index is 1.96. The van der Waals surface area contributed by atoms with E-state index in [1.165, 1.54) is 0 Å². The molecule has 1 unspecified atom stereocenters. The van der Waals surface area contributed by atoms with Crippen LogP contribution >= 0.6 is 0 Å². The lowest BCUT2D eigenvalue weighted by molar-refractivity contribution is 0.158. The first kappa shape index (κ1) is 13.4. The van der Waals surface area contributed by atoms with Crippen molar-refractivity contribution in [1.29, 1.82) is 5.26 Å². The lowest BCUT2D eigenvalue weighted by Crippen LogP contribution is -2.07. The molecule has 1 N–H and O–H groups in total. The van der Waals surface area contributed by atoms with Crippen LogP contribution in [0.15, 0.2) is 60.8 Å². The molecule has 3 aromatic rings. The SMILES string of the molecule is N#CCc1cn(CC(O)c2ccccc2)c2ccccc12. The number of fused-ring (bicyclic) bond motifs is 1. The molecule has 1 atom stereocenters. The topological polar surface area (TPSA) is 49.0 Å². The van der Waals surface area contributed by atoms with Crippen LogP contribution in [0.3, 0.4) is 0 Å². The Bertz CT molecular complexity index is 784. The Morgan fingerprint density at radius 3 is 2.52 bits per heavy atom. The summed E-state index contributed by atoms with van der Waals surface area (Å²) in [5, 5.41) is 20.4. The van der Waals surface area contributed by atoms with Crippen LogP contribution in [0, 0.1) is 11.3 Å². The molecule has 0 saturated carbocycles. The molecule has 1 aromatic heterocycles. The zero-order chi connectivity index (χ0) is 14.7. The highest BCUT2D eigenvalue weighted by Gasteiger charge is 2.12. The van der Waals surface area contributed by atoms with Crippen LogP contribution in [0.25, 0.3) is 10.9 Å². The van der Waals surface area contributed by atoms with Gasteiger partial charge in [0.1, 0.15) is 0 Å². The van der Waals surface area contributed by atoms with Crippen LogP contribution in [-0.2, 0) is 13.0 Å². The largest absolute Gasteiger partial charge is 0.387 e. The van der Waals surface area contributed by atoms with E-state index in [-0.39, 0.29) is 0 Å². The summed E-state index contributed by atoms with van der Waals surface area (Å²) in [6.07, 6.45) is 1.80. The average Bonchev–Trinajstić information content (AvgIpc) is 2.87. The fraction of sp³-hybridized carbons (Fsp3) is 0.167. The van der Waals surface area contributed by atoms with E-state index in [1.807, 2.05) is 65.4 Å². The molecule has 0 fully saturated rings. The van der Waals surface area contributed by atoms with Crippen LogP contribution in [0.5, 0.6) is 0 Å². The van der Waals surface area contributed by atoms with E-state index in [0.717, 1.165) is 22.0 Å². The van der Waals surface area contributed by atoms with Gasteiger partial charge >= 0.3 is 0 Å². The summed E-state index contributed by atoms with van der Waals surface area (Å²) in [6.45, 7) is 0.482. The number of para-hydroxylation sites is 1. The Kier molecular flexibility index (Phi) is 3.72. The maximum Gasteiger partial charge on any atom is 0.0968 e. The molecule has 0 aliphatic carbocycles. The summed E-state index contributed by atoms with van der Waals surface area (Å²) < 4.78 is 2.03. The Morgan fingerprint density at radius 1 is 1.05 bits per heavy atom. The number of nitrogens with zero attached hydrogens (tertiary/aromatic N) is 2. The van der Waals surface area contributed by atoms with Gasteiger partial charge in [0.2, 0.25) is 0 Å². The third-order valence-corrected chi connectivity index (χ3v) is 3.69. The van der Waals surface area contributed by atoms with Gasteiger partial charge in [0, 0.05) is 17.1 Å². The summed E-state index contributed by atoms with van der Waals surface area (Å²) in [4.78, 5) is 0. The van der Waals surface area contributed by atoms with Gasteiger partial charge < -0.3 is 9.67 Å². The highest BCUT2D eigenvalue weighted by Crippen LogP contribution is 2.24. The van der Waals surface area contributed by atoms with Crippen LogP contribution in [0.2, 0.25) is 0 Å². The summed E-state index contributed by atoms with van der Waals surface area (Å²) in [5.41, 5.74) is 2.96. The molecule has 0 saturated heterocycles. The fourth-order valence-corrected chi connectivity index (χ4v) is 2.67. The zero-order valence-corrected chi connectivity index (χ0v) is 11.6. The maximum absolute atomic E-state index is 10.4. The molecule has 0 bridgehead atoms. The van der Waals surface area contributed by atoms with Crippen molar-refractivity contribution in [2.24, 2.45) is 0 Å². The monoisotopic (exact) mass is 276 g/mol. The van der Waals surface area contributed by atoms with Crippen molar-refractivity contribution < 1.29 is 5.11 Å². The second-order valence-electron chi connectivity index (χ2n) is 5.09. The van der Waals surface area contributed by atoms with E-state index in [2.05, 4.69) is 6.07 Å². The standard InChI is InChI=1S/C18H16N2O/c19-11-10-15-12-20(17-9-5-4-8-16(15)17)13-18(21)14-6-2-1-3-7-14/h1-9,12,18,21H,10,13H2. The van der Waals surface area contributed by atoms with Crippen molar-refractivity contribution in [3.8, 4) is 6.07 Å². The number of hydrogen-bond acceptors (Lipinski definition) is 2. The summed E-state index contributed by atoms with van der Waals surface area (Å²) in [5.74, 6) is 0.